The van der Waals surface area contributed by atoms with Gasteiger partial charge in [-0.3, -0.25) is 4.79 Å². The van der Waals surface area contributed by atoms with Gasteiger partial charge in [-0.1, -0.05) is 147 Å². The van der Waals surface area contributed by atoms with Gasteiger partial charge in [0.1, 0.15) is 0 Å². The van der Waals surface area contributed by atoms with Crippen LogP contribution in [0.5, 0.6) is 0 Å². The standard InChI is InChI=1S/C30H58O2/c1-2-3-4-5-6-7-8-9-10-11-12-13-14-15-16-17-18-19-20-21-22-23-24-25-26-27-28-29-30(31)32/h22-23H,2-21,24-29H2,1H3,(H,31,32). The SMILES string of the molecule is CCCCCCCCCCCCCCCCCCCCCC=CCCCCCCC(=O)O. The summed E-state index contributed by atoms with van der Waals surface area (Å²) >= 11 is 0. The molecule has 2 heteroatoms. The molecule has 0 heterocycles. The van der Waals surface area contributed by atoms with E-state index in [4.69, 9.17) is 5.11 Å². The molecule has 0 atom stereocenters. The van der Waals surface area contributed by atoms with Gasteiger partial charge in [0.25, 0.3) is 0 Å². The van der Waals surface area contributed by atoms with Crippen molar-refractivity contribution in [2.24, 2.45) is 0 Å². The second-order valence-corrected chi connectivity index (χ2v) is 9.97. The zero-order valence-corrected chi connectivity index (χ0v) is 21.9. The van der Waals surface area contributed by atoms with E-state index in [1.54, 1.807) is 0 Å². The van der Waals surface area contributed by atoms with Crippen molar-refractivity contribution in [3.8, 4) is 0 Å². The molecule has 32 heavy (non-hydrogen) atoms. The van der Waals surface area contributed by atoms with Crippen LogP contribution in [0.1, 0.15) is 174 Å². The first kappa shape index (κ1) is 31.2. The van der Waals surface area contributed by atoms with Gasteiger partial charge in [-0.25, -0.2) is 0 Å². The molecule has 0 spiro atoms. The van der Waals surface area contributed by atoms with E-state index in [2.05, 4.69) is 19.1 Å². The maximum absolute atomic E-state index is 10.4. The Kier molecular flexibility index (Phi) is 27.5. The molecule has 0 aliphatic rings. The predicted molar refractivity (Wildman–Crippen MR) is 142 cm³/mol. The molecule has 0 saturated carbocycles. The smallest absolute Gasteiger partial charge is 0.303 e. The number of carboxylic acid groups (broad SMARTS) is 1. The molecule has 0 aliphatic heterocycles. The number of hydrogen-bond acceptors (Lipinski definition) is 1. The van der Waals surface area contributed by atoms with Crippen LogP contribution in [0.15, 0.2) is 12.2 Å². The largest absolute Gasteiger partial charge is 0.481 e. The first-order chi connectivity index (χ1) is 15.8. The van der Waals surface area contributed by atoms with E-state index in [9.17, 15) is 4.79 Å². The van der Waals surface area contributed by atoms with Crippen LogP contribution in [0.25, 0.3) is 0 Å². The molecular formula is C30H58O2. The van der Waals surface area contributed by atoms with Crippen molar-refractivity contribution in [1.29, 1.82) is 0 Å². The van der Waals surface area contributed by atoms with Crippen molar-refractivity contribution in [3.63, 3.8) is 0 Å². The normalized spacial score (nSPS) is 11.5. The second-order valence-electron chi connectivity index (χ2n) is 9.97. The van der Waals surface area contributed by atoms with Crippen LogP contribution in [0.2, 0.25) is 0 Å². The zero-order chi connectivity index (χ0) is 23.4. The summed E-state index contributed by atoms with van der Waals surface area (Å²) in [7, 11) is 0. The molecule has 0 saturated heterocycles. The summed E-state index contributed by atoms with van der Waals surface area (Å²) in [4.78, 5) is 10.4. The maximum Gasteiger partial charge on any atom is 0.303 e. The molecule has 0 aromatic rings. The minimum absolute atomic E-state index is 0.329. The van der Waals surface area contributed by atoms with Crippen LogP contribution in [0.4, 0.5) is 0 Å². The third kappa shape index (κ3) is 29.2. The van der Waals surface area contributed by atoms with E-state index < -0.39 is 5.97 Å². The fourth-order valence-electron chi connectivity index (χ4n) is 4.47. The Balaban J connectivity index is 3.07. The molecule has 0 radical (unpaired) electrons. The number of rotatable bonds is 27. The Hall–Kier alpha value is -0.790. The molecule has 0 aromatic heterocycles. The van der Waals surface area contributed by atoms with Crippen LogP contribution >= 0.6 is 0 Å². The summed E-state index contributed by atoms with van der Waals surface area (Å²) in [5.74, 6) is -0.663. The van der Waals surface area contributed by atoms with Crippen LogP contribution in [0.3, 0.4) is 0 Å². The van der Waals surface area contributed by atoms with E-state index in [0.717, 1.165) is 25.7 Å². The van der Waals surface area contributed by atoms with Crippen molar-refractivity contribution in [3.05, 3.63) is 12.2 Å². The van der Waals surface area contributed by atoms with E-state index in [1.165, 1.54) is 135 Å². The summed E-state index contributed by atoms with van der Waals surface area (Å²) in [5.41, 5.74) is 0. The monoisotopic (exact) mass is 450 g/mol. The quantitative estimate of drug-likeness (QED) is 0.0997. The highest BCUT2D eigenvalue weighted by Crippen LogP contribution is 2.15. The van der Waals surface area contributed by atoms with E-state index in [0.29, 0.717) is 6.42 Å². The number of hydrogen-bond donors (Lipinski definition) is 1. The third-order valence-electron chi connectivity index (χ3n) is 6.65. The Morgan fingerprint density at radius 3 is 1.06 bits per heavy atom. The highest BCUT2D eigenvalue weighted by atomic mass is 16.4. The number of unbranched alkanes of at least 4 members (excludes halogenated alkanes) is 23. The van der Waals surface area contributed by atoms with Crippen molar-refractivity contribution in [2.75, 3.05) is 0 Å². The van der Waals surface area contributed by atoms with Gasteiger partial charge in [0.15, 0.2) is 0 Å². The molecule has 0 unspecified atom stereocenters. The van der Waals surface area contributed by atoms with Crippen molar-refractivity contribution in [1.82, 2.24) is 0 Å². The lowest BCUT2D eigenvalue weighted by Gasteiger charge is -2.04. The van der Waals surface area contributed by atoms with Crippen molar-refractivity contribution in [2.45, 2.75) is 174 Å². The fourth-order valence-corrected chi connectivity index (χ4v) is 4.47. The lowest BCUT2D eigenvalue weighted by molar-refractivity contribution is -0.137. The van der Waals surface area contributed by atoms with Gasteiger partial charge >= 0.3 is 5.97 Å². The lowest BCUT2D eigenvalue weighted by Crippen LogP contribution is -1.93. The van der Waals surface area contributed by atoms with Gasteiger partial charge in [0.05, 0.1) is 0 Å². The third-order valence-corrected chi connectivity index (χ3v) is 6.65. The number of allylic oxidation sites excluding steroid dienone is 2. The summed E-state index contributed by atoms with van der Waals surface area (Å²) in [5, 5.41) is 8.59. The molecule has 0 rings (SSSR count). The average molecular weight is 451 g/mol. The summed E-state index contributed by atoms with van der Waals surface area (Å²) < 4.78 is 0. The molecule has 190 valence electrons. The van der Waals surface area contributed by atoms with E-state index >= 15 is 0 Å². The summed E-state index contributed by atoms with van der Waals surface area (Å²) in [6, 6.07) is 0. The number of aliphatic carboxylic acids is 1. The Labute approximate surface area is 202 Å². The minimum atomic E-state index is -0.663. The van der Waals surface area contributed by atoms with E-state index in [1.807, 2.05) is 0 Å². The maximum atomic E-state index is 10.4. The first-order valence-corrected chi connectivity index (χ1v) is 14.6. The van der Waals surface area contributed by atoms with Crippen LogP contribution < -0.4 is 0 Å². The van der Waals surface area contributed by atoms with Gasteiger partial charge in [-0.15, -0.1) is 0 Å². The number of carbonyl (C=O) groups is 1. The number of carboxylic acids is 1. The van der Waals surface area contributed by atoms with Crippen molar-refractivity contribution < 1.29 is 9.90 Å². The van der Waals surface area contributed by atoms with Gasteiger partial charge in [-0.2, -0.15) is 0 Å². The predicted octanol–water partition coefficient (Wildman–Crippen LogP) is 10.8. The Morgan fingerprint density at radius 1 is 0.469 bits per heavy atom. The minimum Gasteiger partial charge on any atom is -0.481 e. The zero-order valence-electron chi connectivity index (χ0n) is 21.9. The Bertz CT molecular complexity index is 388. The van der Waals surface area contributed by atoms with Gasteiger partial charge in [0.2, 0.25) is 0 Å². The second kappa shape index (κ2) is 28.2. The van der Waals surface area contributed by atoms with Gasteiger partial charge in [-0.05, 0) is 32.1 Å². The molecule has 0 fully saturated rings. The average Bonchev–Trinajstić information content (AvgIpc) is 2.78. The summed E-state index contributed by atoms with van der Waals surface area (Å²) in [6.45, 7) is 2.29. The Morgan fingerprint density at radius 2 is 0.750 bits per heavy atom. The van der Waals surface area contributed by atoms with E-state index in [-0.39, 0.29) is 0 Å². The topological polar surface area (TPSA) is 37.3 Å². The first-order valence-electron chi connectivity index (χ1n) is 14.6. The lowest BCUT2D eigenvalue weighted by atomic mass is 10.0. The van der Waals surface area contributed by atoms with Crippen LogP contribution in [-0.4, -0.2) is 11.1 Å². The molecule has 0 amide bonds. The highest BCUT2D eigenvalue weighted by Gasteiger charge is 1.96. The summed E-state index contributed by atoms with van der Waals surface area (Å²) in [6.07, 6.45) is 39.0. The van der Waals surface area contributed by atoms with Crippen LogP contribution in [-0.2, 0) is 4.79 Å². The van der Waals surface area contributed by atoms with Crippen molar-refractivity contribution >= 4 is 5.97 Å². The molecule has 2 nitrogen and oxygen atoms in total. The molecule has 0 aliphatic carbocycles. The highest BCUT2D eigenvalue weighted by molar-refractivity contribution is 5.66. The molecule has 0 bridgehead atoms. The van der Waals surface area contributed by atoms with Gasteiger partial charge in [0, 0.05) is 6.42 Å². The molecular weight excluding hydrogens is 392 g/mol. The molecule has 1 N–H and O–H groups in total. The van der Waals surface area contributed by atoms with Crippen LogP contribution in [0, 0.1) is 0 Å². The fraction of sp³-hybridized carbons (Fsp3) is 0.900. The van der Waals surface area contributed by atoms with Gasteiger partial charge < -0.3 is 5.11 Å². The molecule has 0 aromatic carbocycles.